The van der Waals surface area contributed by atoms with Crippen molar-refractivity contribution < 1.29 is 13.5 Å². The Morgan fingerprint density at radius 1 is 1.46 bits per heavy atom. The largest absolute Gasteiger partial charge is 0.429 e. The molecule has 1 aromatic carbocycles. The van der Waals surface area contributed by atoms with Crippen LogP contribution in [-0.4, -0.2) is 12.7 Å². The summed E-state index contributed by atoms with van der Waals surface area (Å²) >= 11 is 2.11. The highest BCUT2D eigenvalue weighted by Crippen LogP contribution is 2.35. The van der Waals surface area contributed by atoms with Crippen LogP contribution in [0.5, 0.6) is 5.75 Å². The molecular weight excluding hydrogens is 291 g/mol. The Hall–Kier alpha value is -0.590. The molecule has 0 aliphatic carbocycles. The minimum absolute atomic E-state index is 0.205. The third-order valence-corrected chi connectivity index (χ3v) is 2.36. The number of alkyl halides is 2. The SMILES string of the molecule is FC1(F)CNc2cc(I)ccc2O1. The van der Waals surface area contributed by atoms with E-state index in [-0.39, 0.29) is 5.75 Å². The van der Waals surface area contributed by atoms with Crippen LogP contribution in [0.4, 0.5) is 14.5 Å². The molecule has 1 aliphatic rings. The molecule has 0 unspecified atom stereocenters. The number of benzene rings is 1. The molecule has 2 rings (SSSR count). The second kappa shape index (κ2) is 2.97. The van der Waals surface area contributed by atoms with Crippen molar-refractivity contribution >= 4 is 28.3 Å². The second-order valence-electron chi connectivity index (χ2n) is 2.73. The smallest absolute Gasteiger partial charge is 0.415 e. The minimum Gasteiger partial charge on any atom is -0.429 e. The maximum Gasteiger partial charge on any atom is 0.415 e. The fourth-order valence-electron chi connectivity index (χ4n) is 1.12. The first-order chi connectivity index (χ1) is 6.07. The van der Waals surface area contributed by atoms with Gasteiger partial charge in [-0.05, 0) is 40.8 Å². The van der Waals surface area contributed by atoms with E-state index in [1.165, 1.54) is 6.07 Å². The summed E-state index contributed by atoms with van der Waals surface area (Å²) in [7, 11) is 0. The van der Waals surface area contributed by atoms with Crippen molar-refractivity contribution in [2.45, 2.75) is 6.11 Å². The van der Waals surface area contributed by atoms with Gasteiger partial charge >= 0.3 is 6.11 Å². The van der Waals surface area contributed by atoms with Gasteiger partial charge in [-0.2, -0.15) is 8.78 Å². The summed E-state index contributed by atoms with van der Waals surface area (Å²) in [6, 6.07) is 5.03. The molecule has 1 aromatic rings. The van der Waals surface area contributed by atoms with E-state index in [0.717, 1.165) is 3.57 Å². The molecule has 2 nitrogen and oxygen atoms in total. The third-order valence-electron chi connectivity index (χ3n) is 1.69. The Bertz CT molecular complexity index is 343. The molecule has 13 heavy (non-hydrogen) atoms. The monoisotopic (exact) mass is 297 g/mol. The van der Waals surface area contributed by atoms with Gasteiger partial charge in [0.25, 0.3) is 0 Å². The number of halogens is 3. The summed E-state index contributed by atoms with van der Waals surface area (Å²) in [5.74, 6) is 0.205. The molecule has 70 valence electrons. The number of anilines is 1. The second-order valence-corrected chi connectivity index (χ2v) is 3.98. The van der Waals surface area contributed by atoms with E-state index in [9.17, 15) is 8.78 Å². The molecule has 5 heteroatoms. The lowest BCUT2D eigenvalue weighted by Crippen LogP contribution is -2.37. The van der Waals surface area contributed by atoms with Gasteiger partial charge in [0, 0.05) is 3.57 Å². The van der Waals surface area contributed by atoms with E-state index < -0.39 is 12.7 Å². The van der Waals surface area contributed by atoms with Crippen molar-refractivity contribution in [3.05, 3.63) is 21.8 Å². The number of hydrogen-bond donors (Lipinski definition) is 1. The summed E-state index contributed by atoms with van der Waals surface area (Å²) in [6.45, 7) is -0.472. The summed E-state index contributed by atoms with van der Waals surface area (Å²) < 4.78 is 30.9. The highest BCUT2D eigenvalue weighted by atomic mass is 127. The highest BCUT2D eigenvalue weighted by Gasteiger charge is 2.35. The topological polar surface area (TPSA) is 21.3 Å². The predicted molar refractivity (Wildman–Crippen MR) is 53.2 cm³/mol. The predicted octanol–water partition coefficient (Wildman–Crippen LogP) is 2.69. The van der Waals surface area contributed by atoms with E-state index in [1.54, 1.807) is 12.1 Å². The first kappa shape index (κ1) is 8.98. The van der Waals surface area contributed by atoms with Gasteiger partial charge < -0.3 is 10.1 Å². The zero-order valence-electron chi connectivity index (χ0n) is 6.48. The quantitative estimate of drug-likeness (QED) is 0.743. The van der Waals surface area contributed by atoms with Gasteiger partial charge in [0.05, 0.1) is 5.69 Å². The van der Waals surface area contributed by atoms with E-state index in [1.807, 2.05) is 0 Å². The van der Waals surface area contributed by atoms with Gasteiger partial charge in [0.1, 0.15) is 12.3 Å². The van der Waals surface area contributed by atoms with Crippen LogP contribution in [-0.2, 0) is 0 Å². The van der Waals surface area contributed by atoms with Crippen molar-refractivity contribution in [1.82, 2.24) is 0 Å². The Kier molecular flexibility index (Phi) is 2.05. The highest BCUT2D eigenvalue weighted by molar-refractivity contribution is 14.1. The number of nitrogens with one attached hydrogen (secondary N) is 1. The van der Waals surface area contributed by atoms with Crippen LogP contribution in [0.15, 0.2) is 18.2 Å². The molecule has 1 aliphatic heterocycles. The Balaban J connectivity index is 2.37. The van der Waals surface area contributed by atoms with E-state index in [2.05, 4.69) is 32.6 Å². The van der Waals surface area contributed by atoms with Gasteiger partial charge in [-0.3, -0.25) is 0 Å². The maximum atomic E-state index is 12.7. The zero-order valence-corrected chi connectivity index (χ0v) is 8.64. The molecule has 0 atom stereocenters. The standard InChI is InChI=1S/C8H6F2INO/c9-8(10)4-12-6-3-5(11)1-2-7(6)13-8/h1-3,12H,4H2. The molecule has 1 heterocycles. The first-order valence-corrected chi connectivity index (χ1v) is 4.75. The molecule has 0 saturated carbocycles. The lowest BCUT2D eigenvalue weighted by molar-refractivity contribution is -0.166. The maximum absolute atomic E-state index is 12.7. The summed E-state index contributed by atoms with van der Waals surface area (Å²) in [5.41, 5.74) is 0.623. The molecule has 0 radical (unpaired) electrons. The molecule has 0 spiro atoms. The fraction of sp³-hybridized carbons (Fsp3) is 0.250. The number of rotatable bonds is 0. The number of ether oxygens (including phenoxy) is 1. The van der Waals surface area contributed by atoms with Crippen LogP contribution in [0.3, 0.4) is 0 Å². The van der Waals surface area contributed by atoms with Crippen molar-refractivity contribution in [3.8, 4) is 5.75 Å². The van der Waals surface area contributed by atoms with Crippen LogP contribution in [0.25, 0.3) is 0 Å². The van der Waals surface area contributed by atoms with E-state index >= 15 is 0 Å². The van der Waals surface area contributed by atoms with Gasteiger partial charge in [-0.25, -0.2) is 0 Å². The van der Waals surface area contributed by atoms with Crippen molar-refractivity contribution in [3.63, 3.8) is 0 Å². The molecule has 0 bridgehead atoms. The average molecular weight is 297 g/mol. The Labute approximate surface area is 87.4 Å². The van der Waals surface area contributed by atoms with Gasteiger partial charge in [-0.1, -0.05) is 0 Å². The van der Waals surface area contributed by atoms with Crippen LogP contribution >= 0.6 is 22.6 Å². The van der Waals surface area contributed by atoms with Crippen molar-refractivity contribution in [1.29, 1.82) is 0 Å². The Morgan fingerprint density at radius 2 is 2.23 bits per heavy atom. The molecule has 0 fully saturated rings. The summed E-state index contributed by atoms with van der Waals surface area (Å²) in [4.78, 5) is 0. The summed E-state index contributed by atoms with van der Waals surface area (Å²) in [5, 5.41) is 2.61. The van der Waals surface area contributed by atoms with Crippen molar-refractivity contribution in [2.24, 2.45) is 0 Å². The van der Waals surface area contributed by atoms with Crippen LogP contribution < -0.4 is 10.1 Å². The number of fused-ring (bicyclic) bond motifs is 1. The minimum atomic E-state index is -3.10. The van der Waals surface area contributed by atoms with Crippen LogP contribution in [0.2, 0.25) is 0 Å². The Morgan fingerprint density at radius 3 is 3.00 bits per heavy atom. The molecule has 0 amide bonds. The zero-order chi connectivity index (χ0) is 9.47. The van der Waals surface area contributed by atoms with E-state index in [0.29, 0.717) is 5.69 Å². The van der Waals surface area contributed by atoms with E-state index in [4.69, 9.17) is 0 Å². The first-order valence-electron chi connectivity index (χ1n) is 3.67. The third kappa shape index (κ3) is 1.84. The summed E-state index contributed by atoms with van der Waals surface area (Å²) in [6.07, 6.45) is -3.10. The van der Waals surface area contributed by atoms with Gasteiger partial charge in [0.2, 0.25) is 0 Å². The van der Waals surface area contributed by atoms with Crippen LogP contribution in [0, 0.1) is 3.57 Å². The fourth-order valence-corrected chi connectivity index (χ4v) is 1.62. The van der Waals surface area contributed by atoms with Crippen molar-refractivity contribution in [2.75, 3.05) is 11.9 Å². The molecular formula is C8H6F2INO. The van der Waals surface area contributed by atoms with Crippen LogP contribution in [0.1, 0.15) is 0 Å². The average Bonchev–Trinajstić information content (AvgIpc) is 2.05. The molecule has 0 aromatic heterocycles. The number of hydrogen-bond acceptors (Lipinski definition) is 2. The molecule has 0 saturated heterocycles. The molecule has 1 N–H and O–H groups in total. The lowest BCUT2D eigenvalue weighted by atomic mass is 10.2. The van der Waals surface area contributed by atoms with Gasteiger partial charge in [-0.15, -0.1) is 0 Å². The lowest BCUT2D eigenvalue weighted by Gasteiger charge is -2.26. The van der Waals surface area contributed by atoms with Gasteiger partial charge in [0.15, 0.2) is 0 Å². The normalized spacial score (nSPS) is 18.4.